The van der Waals surface area contributed by atoms with Gasteiger partial charge in [-0.3, -0.25) is 9.47 Å². The molecule has 1 fully saturated rings. The van der Waals surface area contributed by atoms with Gasteiger partial charge >= 0.3 is 6.09 Å². The maximum Gasteiger partial charge on any atom is 0.408 e. The summed E-state index contributed by atoms with van der Waals surface area (Å²) in [6.45, 7) is 5.82. The van der Waals surface area contributed by atoms with Crippen LogP contribution in [0.25, 0.3) is 39.6 Å². The molecule has 9 nitrogen and oxygen atoms in total. The van der Waals surface area contributed by atoms with Crippen LogP contribution in [0.3, 0.4) is 0 Å². The number of rotatable bonds is 5. The van der Waals surface area contributed by atoms with Gasteiger partial charge in [0, 0.05) is 34.7 Å². The van der Waals surface area contributed by atoms with Crippen LogP contribution in [0, 0.1) is 0 Å². The summed E-state index contributed by atoms with van der Waals surface area (Å²) in [7, 11) is -3.38. The first-order valence-electron chi connectivity index (χ1n) is 15.3. The Morgan fingerprint density at radius 1 is 0.935 bits per heavy atom. The fraction of sp³-hybridized carbons (Fsp3) is 0.250. The summed E-state index contributed by atoms with van der Waals surface area (Å²) in [5.41, 5.74) is 5.53. The van der Waals surface area contributed by atoms with Crippen molar-refractivity contribution >= 4 is 27.4 Å². The standard InChI is InChI=1S/C36H35N5O4S/c1-35(2,3)41(34(42)43)36(20-8-21-36)25-16-12-24(13-17-25)31-30(23-14-18-26(19-15-23)46(4,44)45)39-33-27-9-5-6-10-28(27)38-32-29(40(31)33)11-7-22-37-32/h5-7,9-19,22H,8,20-21H2,1-4H3,(H,37,38)(H,42,43). The third-order valence-electron chi connectivity index (χ3n) is 9.05. The number of hydrogen-bond acceptors (Lipinski definition) is 6. The number of hydrogen-bond donors (Lipinski definition) is 2. The van der Waals surface area contributed by atoms with Crippen molar-refractivity contribution in [1.29, 1.82) is 0 Å². The highest BCUT2D eigenvalue weighted by atomic mass is 32.2. The highest BCUT2D eigenvalue weighted by Gasteiger charge is 2.50. The van der Waals surface area contributed by atoms with Crippen LogP contribution in [0.15, 0.2) is 96.0 Å². The van der Waals surface area contributed by atoms with Crippen LogP contribution in [0.5, 0.6) is 0 Å². The molecule has 10 heteroatoms. The van der Waals surface area contributed by atoms with Gasteiger partial charge in [-0.15, -0.1) is 0 Å². The molecule has 5 aromatic rings. The molecule has 234 valence electrons. The van der Waals surface area contributed by atoms with Gasteiger partial charge in [0.25, 0.3) is 0 Å². The first kappa shape index (κ1) is 29.7. The number of anilines is 2. The molecule has 2 aliphatic rings. The molecule has 3 heterocycles. The summed E-state index contributed by atoms with van der Waals surface area (Å²) in [5, 5.41) is 13.8. The Labute approximate surface area is 268 Å². The zero-order valence-corrected chi connectivity index (χ0v) is 27.0. The average Bonchev–Trinajstić information content (AvgIpc) is 3.32. The van der Waals surface area contributed by atoms with Gasteiger partial charge in [-0.1, -0.05) is 48.5 Å². The van der Waals surface area contributed by atoms with E-state index < -0.39 is 27.0 Å². The molecular formula is C36H35N5O4S. The number of carboxylic acid groups (broad SMARTS) is 1. The van der Waals surface area contributed by atoms with Gasteiger partial charge in [-0.05, 0) is 82.0 Å². The van der Waals surface area contributed by atoms with Gasteiger partial charge in [-0.25, -0.2) is 23.2 Å². The van der Waals surface area contributed by atoms with E-state index in [0.29, 0.717) is 11.5 Å². The number of sulfone groups is 1. The fourth-order valence-electron chi connectivity index (χ4n) is 6.95. The highest BCUT2D eigenvalue weighted by molar-refractivity contribution is 7.90. The minimum Gasteiger partial charge on any atom is -0.465 e. The summed E-state index contributed by atoms with van der Waals surface area (Å²) in [6, 6.07) is 26.8. The van der Waals surface area contributed by atoms with Crippen LogP contribution in [0.4, 0.5) is 16.3 Å². The van der Waals surface area contributed by atoms with E-state index in [-0.39, 0.29) is 4.90 Å². The highest BCUT2D eigenvalue weighted by Crippen LogP contribution is 2.50. The zero-order chi connectivity index (χ0) is 32.4. The molecule has 1 saturated carbocycles. The Kier molecular flexibility index (Phi) is 6.82. The van der Waals surface area contributed by atoms with Gasteiger partial charge in [0.2, 0.25) is 0 Å². The van der Waals surface area contributed by atoms with Crippen molar-refractivity contribution in [2.45, 2.75) is 56.0 Å². The van der Waals surface area contributed by atoms with Gasteiger partial charge in [0.1, 0.15) is 5.82 Å². The molecule has 1 aliphatic carbocycles. The third-order valence-corrected chi connectivity index (χ3v) is 10.2. The number of benzene rings is 3. The SMILES string of the molecule is CC(C)(C)N(C(=O)O)C1(c2ccc(-c3c(-c4ccc(S(C)(=O)=O)cc4)nc4n3-c3cccnc3Nc3ccccc3-4)cc2)CCC1. The predicted octanol–water partition coefficient (Wildman–Crippen LogP) is 7.89. The summed E-state index contributed by atoms with van der Waals surface area (Å²) in [5.74, 6) is 1.40. The molecule has 0 bridgehead atoms. The van der Waals surface area contributed by atoms with Crippen molar-refractivity contribution in [3.63, 3.8) is 0 Å². The van der Waals surface area contributed by atoms with E-state index in [1.54, 1.807) is 35.4 Å². The lowest BCUT2D eigenvalue weighted by molar-refractivity contribution is -0.0328. The Bertz CT molecular complexity index is 2090. The van der Waals surface area contributed by atoms with E-state index in [1.165, 1.54) is 6.26 Å². The summed E-state index contributed by atoms with van der Waals surface area (Å²) in [6.07, 6.45) is 4.50. The van der Waals surface area contributed by atoms with Crippen LogP contribution >= 0.6 is 0 Å². The summed E-state index contributed by atoms with van der Waals surface area (Å²) in [4.78, 5) is 24.3. The molecule has 2 N–H and O–H groups in total. The van der Waals surface area contributed by atoms with E-state index in [0.717, 1.165) is 64.4 Å². The topological polar surface area (TPSA) is 117 Å². The average molecular weight is 634 g/mol. The summed E-state index contributed by atoms with van der Waals surface area (Å²) < 4.78 is 26.6. The van der Waals surface area contributed by atoms with E-state index in [1.807, 2.05) is 81.4 Å². The predicted molar refractivity (Wildman–Crippen MR) is 179 cm³/mol. The van der Waals surface area contributed by atoms with Crippen LogP contribution in [-0.2, 0) is 15.4 Å². The zero-order valence-electron chi connectivity index (χ0n) is 26.2. The normalized spacial score (nSPS) is 15.0. The van der Waals surface area contributed by atoms with Crippen molar-refractivity contribution in [2.24, 2.45) is 0 Å². The third kappa shape index (κ3) is 4.75. The maximum atomic E-state index is 12.6. The van der Waals surface area contributed by atoms with Crippen molar-refractivity contribution in [2.75, 3.05) is 11.6 Å². The fourth-order valence-corrected chi connectivity index (χ4v) is 7.59. The Morgan fingerprint density at radius 3 is 2.22 bits per heavy atom. The quantitative estimate of drug-likeness (QED) is 0.198. The number of carbonyl (C=O) groups is 1. The Hall–Kier alpha value is -4.96. The minimum absolute atomic E-state index is 0.236. The minimum atomic E-state index is -3.38. The van der Waals surface area contributed by atoms with Gasteiger partial charge in [0.05, 0.1) is 33.2 Å². The van der Waals surface area contributed by atoms with Crippen LogP contribution in [0.1, 0.15) is 45.6 Å². The second-order valence-corrected chi connectivity index (χ2v) is 15.1. The molecule has 1 amide bonds. The van der Waals surface area contributed by atoms with E-state index >= 15 is 0 Å². The molecule has 1 aliphatic heterocycles. The lowest BCUT2D eigenvalue weighted by Gasteiger charge is -2.54. The summed E-state index contributed by atoms with van der Waals surface area (Å²) >= 11 is 0. The largest absolute Gasteiger partial charge is 0.465 e. The monoisotopic (exact) mass is 633 g/mol. The van der Waals surface area contributed by atoms with E-state index in [4.69, 9.17) is 4.98 Å². The van der Waals surface area contributed by atoms with Crippen LogP contribution < -0.4 is 5.32 Å². The molecular weight excluding hydrogens is 598 g/mol. The molecule has 46 heavy (non-hydrogen) atoms. The second-order valence-electron chi connectivity index (χ2n) is 13.1. The molecule has 0 radical (unpaired) electrons. The molecule has 0 unspecified atom stereocenters. The molecule has 0 saturated heterocycles. The van der Waals surface area contributed by atoms with Crippen molar-refractivity contribution in [3.8, 4) is 39.6 Å². The number of amides is 1. The van der Waals surface area contributed by atoms with Crippen molar-refractivity contribution in [3.05, 3.63) is 96.7 Å². The smallest absolute Gasteiger partial charge is 0.408 e. The maximum absolute atomic E-state index is 12.6. The second kappa shape index (κ2) is 10.6. The number of aromatic nitrogens is 3. The first-order valence-corrected chi connectivity index (χ1v) is 17.2. The van der Waals surface area contributed by atoms with Crippen molar-refractivity contribution in [1.82, 2.24) is 19.4 Å². The van der Waals surface area contributed by atoms with E-state index in [9.17, 15) is 18.3 Å². The number of nitrogens with zero attached hydrogens (tertiary/aromatic N) is 4. The first-order chi connectivity index (χ1) is 21.9. The van der Waals surface area contributed by atoms with Gasteiger partial charge in [0.15, 0.2) is 15.7 Å². The number of para-hydroxylation sites is 1. The number of nitrogens with one attached hydrogen (secondary N) is 1. The number of imidazole rings is 1. The Balaban J connectivity index is 1.46. The van der Waals surface area contributed by atoms with Gasteiger partial charge in [-0.2, -0.15) is 0 Å². The van der Waals surface area contributed by atoms with E-state index in [2.05, 4.69) is 14.9 Å². The molecule has 2 aromatic heterocycles. The molecule has 3 aromatic carbocycles. The Morgan fingerprint density at radius 2 is 1.61 bits per heavy atom. The van der Waals surface area contributed by atoms with Gasteiger partial charge < -0.3 is 10.4 Å². The number of fused-ring (bicyclic) bond motifs is 5. The molecule has 7 rings (SSSR count). The van der Waals surface area contributed by atoms with Crippen LogP contribution in [0.2, 0.25) is 0 Å². The number of pyridine rings is 1. The molecule has 0 spiro atoms. The lowest BCUT2D eigenvalue weighted by Crippen LogP contribution is -2.60. The lowest BCUT2D eigenvalue weighted by atomic mass is 9.69. The molecule has 0 atom stereocenters. The van der Waals surface area contributed by atoms with Crippen molar-refractivity contribution < 1.29 is 18.3 Å². The van der Waals surface area contributed by atoms with Crippen LogP contribution in [-0.4, -0.2) is 50.8 Å².